The summed E-state index contributed by atoms with van der Waals surface area (Å²) in [6, 6.07) is 8.32. The number of benzene rings is 1. The van der Waals surface area contributed by atoms with Crippen molar-refractivity contribution in [2.45, 2.75) is 24.5 Å². The monoisotopic (exact) mass is 365 g/mol. The number of rotatable bonds is 3. The highest BCUT2D eigenvalue weighted by atomic mass is 32.2. The van der Waals surface area contributed by atoms with E-state index >= 15 is 0 Å². The van der Waals surface area contributed by atoms with E-state index < -0.39 is 14.6 Å². The Bertz CT molecular complexity index is 734. The lowest BCUT2D eigenvalue weighted by Gasteiger charge is -2.42. The largest absolute Gasteiger partial charge is 0.368 e. The van der Waals surface area contributed by atoms with Gasteiger partial charge >= 0.3 is 0 Å². The Hall–Kier alpha value is -1.60. The van der Waals surface area contributed by atoms with Gasteiger partial charge in [-0.2, -0.15) is 0 Å². The van der Waals surface area contributed by atoms with E-state index in [0.29, 0.717) is 39.0 Å². The lowest BCUT2D eigenvalue weighted by molar-refractivity contribution is -0.135. The fourth-order valence-corrected chi connectivity index (χ4v) is 5.25. The Labute approximate surface area is 150 Å². The number of hydrogen-bond acceptors (Lipinski definition) is 5. The minimum Gasteiger partial charge on any atom is -0.368 e. The smallest absolute Gasteiger partial charge is 0.244 e. The average molecular weight is 365 g/mol. The summed E-state index contributed by atoms with van der Waals surface area (Å²) in [6.07, 6.45) is 1.94. The van der Waals surface area contributed by atoms with Gasteiger partial charge < -0.3 is 15.1 Å². The molecule has 1 amide bonds. The lowest BCUT2D eigenvalue weighted by atomic mass is 9.94. The number of aryl methyl sites for hydroxylation is 1. The molecule has 0 spiro atoms. The molecule has 0 bridgehead atoms. The van der Waals surface area contributed by atoms with Gasteiger partial charge in [-0.1, -0.05) is 12.1 Å². The average Bonchev–Trinajstić information content (AvgIpc) is 2.61. The number of amides is 1. The van der Waals surface area contributed by atoms with E-state index in [1.807, 2.05) is 6.07 Å². The number of hydrogen-bond donors (Lipinski definition) is 1. The predicted octanol–water partition coefficient (Wildman–Crippen LogP) is 0.810. The molecule has 2 saturated heterocycles. The molecular weight excluding hydrogens is 338 g/mol. The zero-order valence-corrected chi connectivity index (χ0v) is 15.8. The molecule has 7 heteroatoms. The Kier molecular flexibility index (Phi) is 5.06. The highest BCUT2D eigenvalue weighted by Crippen LogP contribution is 2.31. The fraction of sp³-hybridized carbons (Fsp3) is 0.611. The molecule has 2 aliphatic rings. The molecule has 0 aliphatic carbocycles. The number of anilines is 1. The van der Waals surface area contributed by atoms with E-state index in [-0.39, 0.29) is 5.91 Å². The van der Waals surface area contributed by atoms with E-state index in [2.05, 4.69) is 35.3 Å². The van der Waals surface area contributed by atoms with Crippen LogP contribution in [0, 0.1) is 6.92 Å². The standard InChI is InChI=1S/C18H27N3O3S/c1-15-4-3-5-16(14-15)20-10-12-21(13-11-20)17(22)18(25(2,23)24)6-8-19-9-7-18/h3-5,14,19H,6-13H2,1-2H3. The summed E-state index contributed by atoms with van der Waals surface area (Å²) in [5, 5.41) is 3.16. The van der Waals surface area contributed by atoms with Crippen molar-refractivity contribution in [2.75, 3.05) is 50.4 Å². The summed E-state index contributed by atoms with van der Waals surface area (Å²) in [4.78, 5) is 17.1. The van der Waals surface area contributed by atoms with Crippen molar-refractivity contribution < 1.29 is 13.2 Å². The molecule has 1 N–H and O–H groups in total. The zero-order chi connectivity index (χ0) is 18.1. The minimum absolute atomic E-state index is 0.208. The number of sulfone groups is 1. The first-order valence-corrected chi connectivity index (χ1v) is 10.7. The van der Waals surface area contributed by atoms with Crippen LogP contribution < -0.4 is 10.2 Å². The third kappa shape index (κ3) is 3.53. The Morgan fingerprint density at radius 3 is 2.32 bits per heavy atom. The molecule has 3 rings (SSSR count). The second kappa shape index (κ2) is 6.96. The van der Waals surface area contributed by atoms with Crippen LogP contribution in [0.1, 0.15) is 18.4 Å². The molecule has 138 valence electrons. The number of carbonyl (C=O) groups excluding carboxylic acids is 1. The molecule has 25 heavy (non-hydrogen) atoms. The maximum Gasteiger partial charge on any atom is 0.244 e. The molecule has 2 fully saturated rings. The van der Waals surface area contributed by atoms with Crippen molar-refractivity contribution >= 4 is 21.4 Å². The topological polar surface area (TPSA) is 69.7 Å². The Morgan fingerprint density at radius 1 is 1.12 bits per heavy atom. The summed E-state index contributed by atoms with van der Waals surface area (Å²) < 4.78 is 23.6. The van der Waals surface area contributed by atoms with Gasteiger partial charge in [0, 0.05) is 38.1 Å². The van der Waals surface area contributed by atoms with Crippen LogP contribution in [0.15, 0.2) is 24.3 Å². The van der Waals surface area contributed by atoms with Crippen LogP contribution in [0.5, 0.6) is 0 Å². The van der Waals surface area contributed by atoms with Crippen molar-refractivity contribution in [3.63, 3.8) is 0 Å². The summed E-state index contributed by atoms with van der Waals surface area (Å²) in [6.45, 7) is 5.80. The van der Waals surface area contributed by atoms with Gasteiger partial charge in [0.2, 0.25) is 5.91 Å². The van der Waals surface area contributed by atoms with Crippen LogP contribution in [0.2, 0.25) is 0 Å². The van der Waals surface area contributed by atoms with Crippen LogP contribution in [-0.4, -0.2) is 69.5 Å². The fourth-order valence-electron chi connectivity index (χ4n) is 3.85. The van der Waals surface area contributed by atoms with Crippen LogP contribution in [-0.2, 0) is 14.6 Å². The van der Waals surface area contributed by atoms with E-state index in [4.69, 9.17) is 0 Å². The number of nitrogens with one attached hydrogen (secondary N) is 1. The maximum absolute atomic E-state index is 13.1. The normalized spacial score (nSPS) is 21.2. The van der Waals surface area contributed by atoms with Crippen LogP contribution in [0.4, 0.5) is 5.69 Å². The van der Waals surface area contributed by atoms with Gasteiger partial charge in [0.15, 0.2) is 14.6 Å². The predicted molar refractivity (Wildman–Crippen MR) is 99.7 cm³/mol. The first-order valence-electron chi connectivity index (χ1n) is 8.85. The summed E-state index contributed by atoms with van der Waals surface area (Å²) in [7, 11) is -3.45. The van der Waals surface area contributed by atoms with Crippen molar-refractivity contribution in [3.8, 4) is 0 Å². The van der Waals surface area contributed by atoms with Crippen molar-refractivity contribution in [1.29, 1.82) is 0 Å². The SMILES string of the molecule is Cc1cccc(N2CCN(C(=O)C3(S(C)(=O)=O)CCNCC3)CC2)c1. The number of nitrogens with zero attached hydrogens (tertiary/aromatic N) is 2. The van der Waals surface area contributed by atoms with Gasteiger partial charge in [-0.15, -0.1) is 0 Å². The Morgan fingerprint density at radius 2 is 1.76 bits per heavy atom. The molecule has 0 radical (unpaired) electrons. The van der Waals surface area contributed by atoms with Crippen LogP contribution in [0.3, 0.4) is 0 Å². The van der Waals surface area contributed by atoms with E-state index in [0.717, 1.165) is 18.8 Å². The molecule has 2 aliphatic heterocycles. The molecule has 0 aromatic heterocycles. The molecule has 2 heterocycles. The van der Waals surface area contributed by atoms with E-state index in [1.165, 1.54) is 11.8 Å². The summed E-state index contributed by atoms with van der Waals surface area (Å²) in [5.41, 5.74) is 2.37. The maximum atomic E-state index is 13.1. The molecule has 6 nitrogen and oxygen atoms in total. The lowest BCUT2D eigenvalue weighted by Crippen LogP contribution is -2.61. The second-order valence-electron chi connectivity index (χ2n) is 7.13. The van der Waals surface area contributed by atoms with Crippen molar-refractivity contribution in [1.82, 2.24) is 10.2 Å². The number of carbonyl (C=O) groups is 1. The molecule has 1 aromatic carbocycles. The van der Waals surface area contributed by atoms with Crippen molar-refractivity contribution in [3.05, 3.63) is 29.8 Å². The first-order chi connectivity index (χ1) is 11.8. The third-order valence-corrected chi connectivity index (χ3v) is 7.45. The van der Waals surface area contributed by atoms with Gasteiger partial charge in [-0.25, -0.2) is 8.42 Å². The Balaban J connectivity index is 1.72. The van der Waals surface area contributed by atoms with Gasteiger partial charge in [0.05, 0.1) is 0 Å². The summed E-state index contributed by atoms with van der Waals surface area (Å²) in [5.74, 6) is -0.208. The van der Waals surface area contributed by atoms with E-state index in [9.17, 15) is 13.2 Å². The van der Waals surface area contributed by atoms with Crippen molar-refractivity contribution in [2.24, 2.45) is 0 Å². The molecule has 1 aromatic rings. The van der Waals surface area contributed by atoms with Gasteiger partial charge in [-0.05, 0) is 50.6 Å². The highest BCUT2D eigenvalue weighted by Gasteiger charge is 2.50. The molecular formula is C18H27N3O3S. The molecule has 0 saturated carbocycles. The highest BCUT2D eigenvalue weighted by molar-refractivity contribution is 7.92. The minimum atomic E-state index is -3.45. The quantitative estimate of drug-likeness (QED) is 0.858. The second-order valence-corrected chi connectivity index (χ2v) is 9.46. The number of piperazine rings is 1. The third-order valence-electron chi connectivity index (χ3n) is 5.44. The first kappa shape index (κ1) is 18.2. The van der Waals surface area contributed by atoms with Crippen LogP contribution in [0.25, 0.3) is 0 Å². The van der Waals surface area contributed by atoms with Crippen LogP contribution >= 0.6 is 0 Å². The van der Waals surface area contributed by atoms with E-state index in [1.54, 1.807) is 4.90 Å². The van der Waals surface area contributed by atoms with Gasteiger partial charge in [0.25, 0.3) is 0 Å². The molecule has 0 atom stereocenters. The number of piperidine rings is 1. The van der Waals surface area contributed by atoms with Gasteiger partial charge in [0.1, 0.15) is 0 Å². The summed E-state index contributed by atoms with van der Waals surface area (Å²) >= 11 is 0. The zero-order valence-electron chi connectivity index (χ0n) is 15.0. The van der Waals surface area contributed by atoms with Gasteiger partial charge in [-0.3, -0.25) is 4.79 Å². The molecule has 0 unspecified atom stereocenters.